The van der Waals surface area contributed by atoms with E-state index in [-0.39, 0.29) is 0 Å². The highest BCUT2D eigenvalue weighted by atomic mass is 32.2. The van der Waals surface area contributed by atoms with Gasteiger partial charge in [0.2, 0.25) is 0 Å². The summed E-state index contributed by atoms with van der Waals surface area (Å²) in [5.74, 6) is 2.83. The maximum Gasteiger partial charge on any atom is 0.119 e. The van der Waals surface area contributed by atoms with E-state index in [9.17, 15) is 4.21 Å². The minimum absolute atomic E-state index is 0.515. The lowest BCUT2D eigenvalue weighted by Gasteiger charge is -2.08. The summed E-state index contributed by atoms with van der Waals surface area (Å²) in [6.45, 7) is 5.48. The Balaban J connectivity index is 2.23. The van der Waals surface area contributed by atoms with Crippen LogP contribution in [0.4, 0.5) is 0 Å². The van der Waals surface area contributed by atoms with E-state index in [4.69, 9.17) is 10.5 Å². The third-order valence-corrected chi connectivity index (χ3v) is 4.17. The Bertz CT molecular complexity index is 376. The van der Waals surface area contributed by atoms with Crippen LogP contribution in [0.2, 0.25) is 0 Å². The summed E-state index contributed by atoms with van der Waals surface area (Å²) in [7, 11) is -0.763. The fraction of sp³-hybridized carbons (Fsp3) is 0.600. The SMILES string of the molecule is CC(C)CCS(=O)CCOc1ccc(CCN)cc1. The molecule has 19 heavy (non-hydrogen) atoms. The molecule has 0 spiro atoms. The van der Waals surface area contributed by atoms with Crippen molar-refractivity contribution in [1.29, 1.82) is 0 Å². The van der Waals surface area contributed by atoms with Gasteiger partial charge in [-0.05, 0) is 43.0 Å². The number of benzene rings is 1. The fourth-order valence-corrected chi connectivity index (χ4v) is 2.85. The van der Waals surface area contributed by atoms with Crippen molar-refractivity contribution in [3.05, 3.63) is 29.8 Å². The predicted octanol–water partition coefficient (Wildman–Crippen LogP) is 2.36. The summed E-state index contributed by atoms with van der Waals surface area (Å²) >= 11 is 0. The Morgan fingerprint density at radius 1 is 1.21 bits per heavy atom. The van der Waals surface area contributed by atoms with Gasteiger partial charge < -0.3 is 10.5 Å². The topological polar surface area (TPSA) is 52.3 Å². The van der Waals surface area contributed by atoms with Crippen LogP contribution < -0.4 is 10.5 Å². The minimum Gasteiger partial charge on any atom is -0.493 e. The molecule has 0 radical (unpaired) electrons. The van der Waals surface area contributed by atoms with E-state index in [1.807, 2.05) is 24.3 Å². The first-order valence-corrected chi connectivity index (χ1v) is 8.37. The van der Waals surface area contributed by atoms with Gasteiger partial charge in [0.15, 0.2) is 0 Å². The van der Waals surface area contributed by atoms with Gasteiger partial charge in [-0.3, -0.25) is 4.21 Å². The van der Waals surface area contributed by atoms with Crippen molar-refractivity contribution in [2.45, 2.75) is 26.7 Å². The molecule has 1 aromatic rings. The van der Waals surface area contributed by atoms with Crippen LogP contribution in [-0.4, -0.2) is 28.9 Å². The first kappa shape index (κ1) is 16.2. The van der Waals surface area contributed by atoms with Crippen LogP contribution in [0.15, 0.2) is 24.3 Å². The Hall–Kier alpha value is -0.870. The summed E-state index contributed by atoms with van der Waals surface area (Å²) in [6, 6.07) is 7.94. The van der Waals surface area contributed by atoms with Gasteiger partial charge in [-0.25, -0.2) is 0 Å². The molecule has 2 N–H and O–H groups in total. The maximum atomic E-state index is 11.7. The molecular formula is C15H25NO2S. The zero-order valence-corrected chi connectivity index (χ0v) is 12.7. The van der Waals surface area contributed by atoms with Crippen LogP contribution in [0, 0.1) is 5.92 Å². The molecular weight excluding hydrogens is 258 g/mol. The molecule has 1 aromatic carbocycles. The van der Waals surface area contributed by atoms with Crippen LogP contribution in [0.5, 0.6) is 5.75 Å². The third-order valence-electron chi connectivity index (χ3n) is 2.86. The maximum absolute atomic E-state index is 11.7. The molecule has 0 aliphatic rings. The van der Waals surface area contributed by atoms with Crippen molar-refractivity contribution < 1.29 is 8.95 Å². The predicted molar refractivity (Wildman–Crippen MR) is 82.0 cm³/mol. The summed E-state index contributed by atoms with van der Waals surface area (Å²) in [4.78, 5) is 0. The molecule has 1 atom stereocenters. The Kier molecular flexibility index (Phi) is 7.75. The number of nitrogens with two attached hydrogens (primary N) is 1. The van der Waals surface area contributed by atoms with E-state index < -0.39 is 10.8 Å². The molecule has 0 aromatic heterocycles. The van der Waals surface area contributed by atoms with Crippen LogP contribution >= 0.6 is 0 Å². The molecule has 0 bridgehead atoms. The van der Waals surface area contributed by atoms with E-state index in [1.54, 1.807) is 0 Å². The molecule has 1 unspecified atom stereocenters. The van der Waals surface area contributed by atoms with Crippen LogP contribution in [0.1, 0.15) is 25.8 Å². The van der Waals surface area contributed by atoms with E-state index >= 15 is 0 Å². The standard InChI is InChI=1S/C15H25NO2S/c1-13(2)8-11-19(17)12-10-18-15-5-3-14(4-6-15)7-9-16/h3-6,13H,7-12,16H2,1-2H3. The number of rotatable bonds is 9. The Labute approximate surface area is 119 Å². The summed E-state index contributed by atoms with van der Waals surface area (Å²) in [5.41, 5.74) is 6.71. The molecule has 0 fully saturated rings. The van der Waals surface area contributed by atoms with Crippen molar-refractivity contribution in [3.63, 3.8) is 0 Å². The van der Waals surface area contributed by atoms with Crippen molar-refractivity contribution in [3.8, 4) is 5.75 Å². The largest absolute Gasteiger partial charge is 0.493 e. The van der Waals surface area contributed by atoms with Gasteiger partial charge in [0.05, 0.1) is 12.4 Å². The zero-order chi connectivity index (χ0) is 14.1. The molecule has 3 nitrogen and oxygen atoms in total. The Morgan fingerprint density at radius 3 is 2.47 bits per heavy atom. The van der Waals surface area contributed by atoms with Crippen molar-refractivity contribution in [1.82, 2.24) is 0 Å². The average Bonchev–Trinajstić information content (AvgIpc) is 2.39. The molecule has 0 saturated carbocycles. The molecule has 4 heteroatoms. The lowest BCUT2D eigenvalue weighted by atomic mass is 10.1. The van der Waals surface area contributed by atoms with Crippen molar-refractivity contribution >= 4 is 10.8 Å². The van der Waals surface area contributed by atoms with Crippen LogP contribution in [0.3, 0.4) is 0 Å². The first-order chi connectivity index (χ1) is 9.11. The fourth-order valence-electron chi connectivity index (χ4n) is 1.64. The van der Waals surface area contributed by atoms with Gasteiger partial charge in [-0.1, -0.05) is 26.0 Å². The number of hydrogen-bond acceptors (Lipinski definition) is 3. The molecule has 0 aliphatic heterocycles. The van der Waals surface area contributed by atoms with E-state index in [1.165, 1.54) is 5.56 Å². The molecule has 0 saturated heterocycles. The van der Waals surface area contributed by atoms with Gasteiger partial charge >= 0.3 is 0 Å². The quantitative estimate of drug-likeness (QED) is 0.757. The van der Waals surface area contributed by atoms with E-state index in [0.29, 0.717) is 24.8 Å². The molecule has 0 aliphatic carbocycles. The minimum atomic E-state index is -0.763. The van der Waals surface area contributed by atoms with Crippen LogP contribution in [-0.2, 0) is 17.2 Å². The number of hydrogen-bond donors (Lipinski definition) is 1. The molecule has 0 amide bonds. The lowest BCUT2D eigenvalue weighted by Crippen LogP contribution is -2.12. The summed E-state index contributed by atoms with van der Waals surface area (Å²) in [5, 5.41) is 0. The average molecular weight is 283 g/mol. The second-order valence-electron chi connectivity index (χ2n) is 5.06. The smallest absolute Gasteiger partial charge is 0.119 e. The third kappa shape index (κ3) is 7.33. The first-order valence-electron chi connectivity index (χ1n) is 6.88. The zero-order valence-electron chi connectivity index (χ0n) is 11.9. The highest BCUT2D eigenvalue weighted by molar-refractivity contribution is 7.84. The van der Waals surface area contributed by atoms with E-state index in [0.717, 1.165) is 24.3 Å². The van der Waals surface area contributed by atoms with E-state index in [2.05, 4.69) is 13.8 Å². The highest BCUT2D eigenvalue weighted by Gasteiger charge is 2.03. The summed E-state index contributed by atoms with van der Waals surface area (Å²) < 4.78 is 17.3. The molecule has 108 valence electrons. The van der Waals surface area contributed by atoms with Crippen molar-refractivity contribution in [2.75, 3.05) is 24.7 Å². The second kappa shape index (κ2) is 9.10. The highest BCUT2D eigenvalue weighted by Crippen LogP contribution is 2.12. The van der Waals surface area contributed by atoms with Gasteiger partial charge in [0.25, 0.3) is 0 Å². The number of ether oxygens (including phenoxy) is 1. The molecule has 1 rings (SSSR count). The Morgan fingerprint density at radius 2 is 1.89 bits per heavy atom. The van der Waals surface area contributed by atoms with Gasteiger partial charge in [-0.15, -0.1) is 0 Å². The van der Waals surface area contributed by atoms with Crippen LogP contribution in [0.25, 0.3) is 0 Å². The summed E-state index contributed by atoms with van der Waals surface area (Å²) in [6.07, 6.45) is 1.90. The monoisotopic (exact) mass is 283 g/mol. The van der Waals surface area contributed by atoms with Crippen molar-refractivity contribution in [2.24, 2.45) is 11.7 Å². The van der Waals surface area contributed by atoms with Gasteiger partial charge in [-0.2, -0.15) is 0 Å². The molecule has 0 heterocycles. The van der Waals surface area contributed by atoms with Gasteiger partial charge in [0, 0.05) is 16.6 Å². The normalized spacial score (nSPS) is 12.6. The lowest BCUT2D eigenvalue weighted by molar-refractivity contribution is 0.342. The van der Waals surface area contributed by atoms with Gasteiger partial charge in [0.1, 0.15) is 5.75 Å². The second-order valence-corrected chi connectivity index (χ2v) is 6.76.